The molecule has 0 aliphatic carbocycles. The molecule has 0 fully saturated rings. The molecule has 2 aromatic carbocycles. The Morgan fingerprint density at radius 3 is 2.33 bits per heavy atom. The molecule has 0 radical (unpaired) electrons. The number of carbonyl (C=O) groups is 1. The molecule has 0 saturated heterocycles. The van der Waals surface area contributed by atoms with Crippen LogP contribution in [0, 0.1) is 0 Å². The van der Waals surface area contributed by atoms with E-state index in [1.54, 1.807) is 14.2 Å². The highest BCUT2D eigenvalue weighted by molar-refractivity contribution is 5.72. The van der Waals surface area contributed by atoms with E-state index >= 15 is 0 Å². The van der Waals surface area contributed by atoms with E-state index < -0.39 is 5.97 Å². The first kappa shape index (κ1) is 14.9. The Bertz CT molecular complexity index is 617. The predicted molar refractivity (Wildman–Crippen MR) is 80.9 cm³/mol. The fourth-order valence-electron chi connectivity index (χ4n) is 2.14. The summed E-state index contributed by atoms with van der Waals surface area (Å²) < 4.78 is 10.6. The van der Waals surface area contributed by atoms with Crippen molar-refractivity contribution in [3.63, 3.8) is 0 Å². The average molecular weight is 286 g/mol. The molecule has 0 unspecified atom stereocenters. The molecule has 4 nitrogen and oxygen atoms in total. The summed E-state index contributed by atoms with van der Waals surface area (Å²) in [6, 6.07) is 13.5. The van der Waals surface area contributed by atoms with Crippen LogP contribution in [-0.4, -0.2) is 25.3 Å². The first-order chi connectivity index (χ1) is 10.1. The van der Waals surface area contributed by atoms with E-state index in [2.05, 4.69) is 0 Å². The van der Waals surface area contributed by atoms with Crippen molar-refractivity contribution in [1.29, 1.82) is 0 Å². The van der Waals surface area contributed by atoms with Crippen LogP contribution in [0.15, 0.2) is 42.5 Å². The number of aliphatic carboxylic acids is 1. The summed E-state index contributed by atoms with van der Waals surface area (Å²) in [7, 11) is 3.26. The van der Waals surface area contributed by atoms with Gasteiger partial charge in [0.05, 0.1) is 14.2 Å². The van der Waals surface area contributed by atoms with Crippen molar-refractivity contribution in [3.05, 3.63) is 48.0 Å². The molecule has 0 aliphatic heterocycles. The molecule has 0 spiro atoms. The Balaban J connectivity index is 2.27. The van der Waals surface area contributed by atoms with Crippen molar-refractivity contribution in [2.24, 2.45) is 0 Å². The molecular weight excluding hydrogens is 268 g/mol. The maximum atomic E-state index is 10.6. The molecular formula is C17H18O4. The Morgan fingerprint density at radius 2 is 1.76 bits per heavy atom. The normalized spacial score (nSPS) is 10.2. The van der Waals surface area contributed by atoms with Gasteiger partial charge in [0.15, 0.2) is 0 Å². The smallest absolute Gasteiger partial charge is 0.303 e. The van der Waals surface area contributed by atoms with Crippen molar-refractivity contribution < 1.29 is 19.4 Å². The van der Waals surface area contributed by atoms with E-state index in [9.17, 15) is 4.79 Å². The fourth-order valence-corrected chi connectivity index (χ4v) is 2.14. The van der Waals surface area contributed by atoms with Gasteiger partial charge in [-0.2, -0.15) is 0 Å². The van der Waals surface area contributed by atoms with E-state index in [0.29, 0.717) is 6.42 Å². The number of carboxylic acids is 1. The number of aryl methyl sites for hydroxylation is 1. The Kier molecular flexibility index (Phi) is 4.82. The quantitative estimate of drug-likeness (QED) is 0.884. The van der Waals surface area contributed by atoms with E-state index in [1.807, 2.05) is 42.5 Å². The van der Waals surface area contributed by atoms with Gasteiger partial charge in [-0.15, -0.1) is 0 Å². The second kappa shape index (κ2) is 6.79. The van der Waals surface area contributed by atoms with Crippen LogP contribution in [0.25, 0.3) is 11.1 Å². The summed E-state index contributed by atoms with van der Waals surface area (Å²) in [4.78, 5) is 10.6. The van der Waals surface area contributed by atoms with Gasteiger partial charge in [-0.1, -0.05) is 24.3 Å². The van der Waals surface area contributed by atoms with Gasteiger partial charge in [0.25, 0.3) is 0 Å². The van der Waals surface area contributed by atoms with Gasteiger partial charge in [-0.3, -0.25) is 4.79 Å². The van der Waals surface area contributed by atoms with Gasteiger partial charge in [0, 0.05) is 12.0 Å². The SMILES string of the molecule is COc1ccc(OC)c(-c2ccc(CCC(=O)O)cc2)c1. The molecule has 0 aromatic heterocycles. The molecule has 0 aliphatic rings. The number of rotatable bonds is 6. The number of hydrogen-bond donors (Lipinski definition) is 1. The standard InChI is InChI=1S/C17H18O4/c1-20-14-8-9-16(21-2)15(11-14)13-6-3-12(4-7-13)5-10-17(18)19/h3-4,6-9,11H,5,10H2,1-2H3,(H,18,19). The topological polar surface area (TPSA) is 55.8 Å². The summed E-state index contributed by atoms with van der Waals surface area (Å²) in [6.45, 7) is 0. The van der Waals surface area contributed by atoms with Gasteiger partial charge in [0.1, 0.15) is 11.5 Å². The maximum Gasteiger partial charge on any atom is 0.303 e. The first-order valence-electron chi connectivity index (χ1n) is 6.67. The average Bonchev–Trinajstić information content (AvgIpc) is 2.52. The van der Waals surface area contributed by atoms with Gasteiger partial charge < -0.3 is 14.6 Å². The molecule has 0 saturated carbocycles. The van der Waals surface area contributed by atoms with Gasteiger partial charge in [-0.25, -0.2) is 0 Å². The van der Waals surface area contributed by atoms with Crippen molar-refractivity contribution >= 4 is 5.97 Å². The molecule has 0 heterocycles. The van der Waals surface area contributed by atoms with Crippen LogP contribution in [0.5, 0.6) is 11.5 Å². The number of methoxy groups -OCH3 is 2. The number of benzene rings is 2. The molecule has 2 rings (SSSR count). The number of hydrogen-bond acceptors (Lipinski definition) is 3. The van der Waals surface area contributed by atoms with Crippen molar-refractivity contribution in [2.45, 2.75) is 12.8 Å². The van der Waals surface area contributed by atoms with Crippen molar-refractivity contribution in [3.8, 4) is 22.6 Å². The van der Waals surface area contributed by atoms with E-state index in [4.69, 9.17) is 14.6 Å². The second-order valence-corrected chi connectivity index (χ2v) is 4.66. The molecule has 21 heavy (non-hydrogen) atoms. The summed E-state index contributed by atoms with van der Waals surface area (Å²) in [5, 5.41) is 8.70. The highest BCUT2D eigenvalue weighted by Gasteiger charge is 2.08. The zero-order valence-electron chi connectivity index (χ0n) is 12.1. The summed E-state index contributed by atoms with van der Waals surface area (Å²) >= 11 is 0. The minimum atomic E-state index is -0.784. The number of ether oxygens (including phenoxy) is 2. The lowest BCUT2D eigenvalue weighted by atomic mass is 10.0. The van der Waals surface area contributed by atoms with Crippen LogP contribution in [0.4, 0.5) is 0 Å². The van der Waals surface area contributed by atoms with Crippen LogP contribution in [0.1, 0.15) is 12.0 Å². The molecule has 2 aromatic rings. The molecule has 0 bridgehead atoms. The first-order valence-corrected chi connectivity index (χ1v) is 6.67. The number of carboxylic acid groups (broad SMARTS) is 1. The third-order valence-corrected chi connectivity index (χ3v) is 3.30. The molecule has 1 N–H and O–H groups in total. The summed E-state index contributed by atoms with van der Waals surface area (Å²) in [5.41, 5.74) is 2.95. The van der Waals surface area contributed by atoms with E-state index in [1.165, 1.54) is 0 Å². The van der Waals surface area contributed by atoms with E-state index in [0.717, 1.165) is 28.2 Å². The summed E-state index contributed by atoms with van der Waals surface area (Å²) in [6.07, 6.45) is 0.673. The van der Waals surface area contributed by atoms with Crippen LogP contribution in [0.3, 0.4) is 0 Å². The summed E-state index contributed by atoms with van der Waals surface area (Å²) in [5.74, 6) is 0.753. The second-order valence-electron chi connectivity index (χ2n) is 4.66. The van der Waals surface area contributed by atoms with Crippen LogP contribution < -0.4 is 9.47 Å². The third-order valence-electron chi connectivity index (χ3n) is 3.30. The zero-order chi connectivity index (χ0) is 15.2. The van der Waals surface area contributed by atoms with E-state index in [-0.39, 0.29) is 6.42 Å². The fraction of sp³-hybridized carbons (Fsp3) is 0.235. The van der Waals surface area contributed by atoms with Crippen LogP contribution in [0.2, 0.25) is 0 Å². The Hall–Kier alpha value is -2.49. The molecule has 110 valence electrons. The minimum Gasteiger partial charge on any atom is -0.497 e. The highest BCUT2D eigenvalue weighted by atomic mass is 16.5. The Labute approximate surface area is 123 Å². The van der Waals surface area contributed by atoms with Crippen LogP contribution in [-0.2, 0) is 11.2 Å². The Morgan fingerprint density at radius 1 is 1.05 bits per heavy atom. The van der Waals surface area contributed by atoms with Gasteiger partial charge >= 0.3 is 5.97 Å². The van der Waals surface area contributed by atoms with Crippen LogP contribution >= 0.6 is 0 Å². The van der Waals surface area contributed by atoms with Gasteiger partial charge in [-0.05, 0) is 35.7 Å². The largest absolute Gasteiger partial charge is 0.497 e. The minimum absolute atomic E-state index is 0.141. The lowest BCUT2D eigenvalue weighted by Crippen LogP contribution is -1.97. The lowest BCUT2D eigenvalue weighted by Gasteiger charge is -2.11. The molecule has 0 atom stereocenters. The monoisotopic (exact) mass is 286 g/mol. The maximum absolute atomic E-state index is 10.6. The van der Waals surface area contributed by atoms with Gasteiger partial charge in [0.2, 0.25) is 0 Å². The lowest BCUT2D eigenvalue weighted by molar-refractivity contribution is -0.136. The predicted octanol–water partition coefficient (Wildman–Crippen LogP) is 3.39. The third kappa shape index (κ3) is 3.75. The van der Waals surface area contributed by atoms with Crippen molar-refractivity contribution in [2.75, 3.05) is 14.2 Å². The molecule has 4 heteroatoms. The van der Waals surface area contributed by atoms with Crippen molar-refractivity contribution in [1.82, 2.24) is 0 Å². The highest BCUT2D eigenvalue weighted by Crippen LogP contribution is 2.33. The molecule has 0 amide bonds. The zero-order valence-corrected chi connectivity index (χ0v) is 12.1.